The number of hydrogen-bond acceptors (Lipinski definition) is 2. The minimum absolute atomic E-state index is 0.0394. The van der Waals surface area contributed by atoms with Gasteiger partial charge in [0, 0.05) is 35.9 Å². The fourth-order valence-corrected chi connectivity index (χ4v) is 5.12. The van der Waals surface area contributed by atoms with Gasteiger partial charge in [0.2, 0.25) is 5.56 Å². The standard InChI is InChI=1S/C27H30N2O/c1-4-8-20-9-6-10-21(16-20)11-7-14-28-27-18-19(3)15-22(23(27)5-2)17-25-24(27)12-13-26(30)29-25/h5-7,9-16,22H,4,8,17-18H2,1-3H3,(H,29,30)/b11-7+,23-5+,28-14?. The number of H-pyrrole nitrogens is 1. The van der Waals surface area contributed by atoms with Gasteiger partial charge in [-0.25, -0.2) is 0 Å². The number of aryl methyl sites for hydroxylation is 1. The molecule has 4 rings (SSSR count). The highest BCUT2D eigenvalue weighted by Gasteiger charge is 2.46. The van der Waals surface area contributed by atoms with Crippen molar-refractivity contribution in [3.8, 4) is 0 Å². The molecule has 30 heavy (non-hydrogen) atoms. The van der Waals surface area contributed by atoms with Gasteiger partial charge in [-0.05, 0) is 55.5 Å². The molecule has 2 unspecified atom stereocenters. The van der Waals surface area contributed by atoms with Crippen LogP contribution in [0.1, 0.15) is 56.0 Å². The van der Waals surface area contributed by atoms with Crippen LogP contribution in [0.2, 0.25) is 0 Å². The molecule has 0 radical (unpaired) electrons. The van der Waals surface area contributed by atoms with Crippen LogP contribution in [0.25, 0.3) is 6.08 Å². The lowest BCUT2D eigenvalue weighted by atomic mass is 9.63. The SMILES string of the molecule is C/C=C1\C2C=C(C)CC1(N=C/C=C/c1cccc(CCC)c1)c1ccc(=O)[nH]c1C2. The molecule has 2 aliphatic rings. The summed E-state index contributed by atoms with van der Waals surface area (Å²) >= 11 is 0. The second-order valence-corrected chi connectivity index (χ2v) is 8.45. The van der Waals surface area contributed by atoms with Crippen LogP contribution in [-0.2, 0) is 18.4 Å². The normalized spacial score (nSPS) is 24.4. The Balaban J connectivity index is 1.71. The zero-order chi connectivity index (χ0) is 21.1. The van der Waals surface area contributed by atoms with Crippen LogP contribution < -0.4 is 5.56 Å². The summed E-state index contributed by atoms with van der Waals surface area (Å²) in [5.74, 6) is 0.293. The summed E-state index contributed by atoms with van der Waals surface area (Å²) in [4.78, 5) is 20.1. The number of benzene rings is 1. The van der Waals surface area contributed by atoms with Crippen molar-refractivity contribution in [2.45, 2.75) is 52.0 Å². The molecule has 2 atom stereocenters. The van der Waals surface area contributed by atoms with E-state index in [4.69, 9.17) is 4.99 Å². The molecule has 3 heteroatoms. The number of rotatable bonds is 5. The first-order valence-electron chi connectivity index (χ1n) is 10.9. The van der Waals surface area contributed by atoms with Gasteiger partial charge in [-0.1, -0.05) is 61.4 Å². The first kappa shape index (κ1) is 20.3. The molecule has 2 aliphatic carbocycles. The maximum Gasteiger partial charge on any atom is 0.248 e. The Morgan fingerprint density at radius 2 is 2.13 bits per heavy atom. The fourth-order valence-electron chi connectivity index (χ4n) is 5.12. The highest BCUT2D eigenvalue weighted by Crippen LogP contribution is 2.51. The van der Waals surface area contributed by atoms with Crippen LogP contribution in [0.3, 0.4) is 0 Å². The molecule has 0 saturated carbocycles. The van der Waals surface area contributed by atoms with Crippen LogP contribution in [0.4, 0.5) is 0 Å². The Morgan fingerprint density at radius 1 is 1.27 bits per heavy atom. The van der Waals surface area contributed by atoms with E-state index in [9.17, 15) is 4.79 Å². The number of pyridine rings is 1. The Hall–Kier alpha value is -2.94. The number of nitrogens with zero attached hydrogens (tertiary/aromatic N) is 1. The predicted molar refractivity (Wildman–Crippen MR) is 126 cm³/mol. The Kier molecular flexibility index (Phi) is 5.72. The van der Waals surface area contributed by atoms with E-state index in [1.54, 1.807) is 6.07 Å². The molecule has 1 aromatic heterocycles. The summed E-state index contributed by atoms with van der Waals surface area (Å²) in [6.07, 6.45) is 14.6. The largest absolute Gasteiger partial charge is 0.326 e. The summed E-state index contributed by atoms with van der Waals surface area (Å²) < 4.78 is 0. The molecule has 0 saturated heterocycles. The molecule has 1 heterocycles. The van der Waals surface area contributed by atoms with Crippen molar-refractivity contribution in [1.82, 2.24) is 4.98 Å². The second kappa shape index (κ2) is 8.43. The molecule has 2 aromatic rings. The van der Waals surface area contributed by atoms with Gasteiger partial charge in [-0.2, -0.15) is 0 Å². The van der Waals surface area contributed by atoms with Gasteiger partial charge in [0.25, 0.3) is 0 Å². The van der Waals surface area contributed by atoms with Gasteiger partial charge in [-0.3, -0.25) is 9.79 Å². The number of aromatic nitrogens is 1. The highest BCUT2D eigenvalue weighted by molar-refractivity contribution is 5.79. The summed E-state index contributed by atoms with van der Waals surface area (Å²) in [6.45, 7) is 6.50. The second-order valence-electron chi connectivity index (χ2n) is 8.45. The Morgan fingerprint density at radius 3 is 2.93 bits per heavy atom. The van der Waals surface area contributed by atoms with Gasteiger partial charge in [0.1, 0.15) is 5.54 Å². The molecule has 1 aromatic carbocycles. The zero-order valence-electron chi connectivity index (χ0n) is 18.1. The van der Waals surface area contributed by atoms with E-state index in [1.165, 1.54) is 22.3 Å². The molecule has 3 nitrogen and oxygen atoms in total. The molecule has 0 spiro atoms. The summed E-state index contributed by atoms with van der Waals surface area (Å²) in [7, 11) is 0. The molecule has 1 N–H and O–H groups in total. The summed E-state index contributed by atoms with van der Waals surface area (Å²) in [6, 6.07) is 12.3. The smallest absolute Gasteiger partial charge is 0.248 e. The predicted octanol–water partition coefficient (Wildman–Crippen LogP) is 5.78. The molecular formula is C27H30N2O. The topological polar surface area (TPSA) is 45.2 Å². The van der Waals surface area contributed by atoms with Gasteiger partial charge in [0.05, 0.1) is 0 Å². The Labute approximate surface area is 179 Å². The van der Waals surface area contributed by atoms with Crippen molar-refractivity contribution >= 4 is 12.3 Å². The van der Waals surface area contributed by atoms with Crippen molar-refractivity contribution in [3.05, 3.63) is 98.5 Å². The number of nitrogens with one attached hydrogen (secondary N) is 1. The zero-order valence-corrected chi connectivity index (χ0v) is 18.1. The first-order valence-corrected chi connectivity index (χ1v) is 10.9. The average molecular weight is 399 g/mol. The Bertz CT molecular complexity index is 1120. The van der Waals surface area contributed by atoms with Gasteiger partial charge < -0.3 is 4.98 Å². The lowest BCUT2D eigenvalue weighted by Gasteiger charge is -2.45. The van der Waals surface area contributed by atoms with Gasteiger partial charge in [-0.15, -0.1) is 0 Å². The monoisotopic (exact) mass is 398 g/mol. The lowest BCUT2D eigenvalue weighted by Crippen LogP contribution is -2.40. The third-order valence-corrected chi connectivity index (χ3v) is 6.24. The number of aliphatic imine (C=N–C) groups is 1. The van der Waals surface area contributed by atoms with E-state index < -0.39 is 5.54 Å². The van der Waals surface area contributed by atoms with Crippen LogP contribution in [0, 0.1) is 5.92 Å². The van der Waals surface area contributed by atoms with Crippen molar-refractivity contribution in [2.24, 2.45) is 10.9 Å². The van der Waals surface area contributed by atoms with Crippen molar-refractivity contribution < 1.29 is 0 Å². The quantitative estimate of drug-likeness (QED) is 0.504. The lowest BCUT2D eigenvalue weighted by molar-refractivity contribution is 0.413. The maximum absolute atomic E-state index is 11.9. The number of fused-ring (bicyclic) bond motifs is 4. The van der Waals surface area contributed by atoms with Crippen LogP contribution in [-0.4, -0.2) is 11.2 Å². The molecule has 0 aliphatic heterocycles. The number of aromatic amines is 1. The van der Waals surface area contributed by atoms with E-state index in [1.807, 2.05) is 18.4 Å². The highest BCUT2D eigenvalue weighted by atomic mass is 16.1. The van der Waals surface area contributed by atoms with Gasteiger partial charge in [0.15, 0.2) is 0 Å². The minimum atomic E-state index is -0.426. The average Bonchev–Trinajstić information content (AvgIpc) is 2.71. The van der Waals surface area contributed by atoms with E-state index in [2.05, 4.69) is 68.2 Å². The first-order chi connectivity index (χ1) is 14.6. The van der Waals surface area contributed by atoms with Crippen LogP contribution in [0.15, 0.2) is 75.6 Å². The molecule has 0 amide bonds. The van der Waals surface area contributed by atoms with Crippen LogP contribution >= 0.6 is 0 Å². The third-order valence-electron chi connectivity index (χ3n) is 6.24. The minimum Gasteiger partial charge on any atom is -0.326 e. The molecule has 2 bridgehead atoms. The van der Waals surface area contributed by atoms with Crippen LogP contribution in [0.5, 0.6) is 0 Å². The van der Waals surface area contributed by atoms with E-state index in [0.29, 0.717) is 5.92 Å². The fraction of sp³-hybridized carbons (Fsp3) is 0.333. The number of allylic oxidation sites excluding steroid dienone is 3. The molecular weight excluding hydrogens is 368 g/mol. The summed E-state index contributed by atoms with van der Waals surface area (Å²) in [5.41, 5.74) is 6.95. The molecule has 0 fully saturated rings. The number of hydrogen-bond donors (Lipinski definition) is 1. The van der Waals surface area contributed by atoms with Crippen molar-refractivity contribution in [2.75, 3.05) is 0 Å². The summed E-state index contributed by atoms with van der Waals surface area (Å²) in [5, 5.41) is 0. The third kappa shape index (κ3) is 3.77. The maximum atomic E-state index is 11.9. The van der Waals surface area contributed by atoms with Gasteiger partial charge >= 0.3 is 0 Å². The van der Waals surface area contributed by atoms with E-state index in [-0.39, 0.29) is 5.56 Å². The van der Waals surface area contributed by atoms with E-state index in [0.717, 1.165) is 36.9 Å². The van der Waals surface area contributed by atoms with E-state index >= 15 is 0 Å². The molecule has 154 valence electrons. The van der Waals surface area contributed by atoms with Crippen molar-refractivity contribution in [3.63, 3.8) is 0 Å². The van der Waals surface area contributed by atoms with Crippen molar-refractivity contribution in [1.29, 1.82) is 0 Å².